The van der Waals surface area contributed by atoms with Crippen molar-refractivity contribution < 1.29 is 32.2 Å². The smallest absolute Gasteiger partial charge is 0.457 e. The average molecular weight is 534 g/mol. The molecule has 4 aromatic rings. The van der Waals surface area contributed by atoms with Gasteiger partial charge in [-0.05, 0) is 65.2 Å². The van der Waals surface area contributed by atoms with Gasteiger partial charge in [0.25, 0.3) is 5.91 Å². The van der Waals surface area contributed by atoms with Crippen LogP contribution in [0.2, 0.25) is 0 Å². The average Bonchev–Trinajstić information content (AvgIpc) is 2.91. The predicted octanol–water partition coefficient (Wildman–Crippen LogP) is 6.15. The van der Waals surface area contributed by atoms with Crippen molar-refractivity contribution in [3.63, 3.8) is 0 Å². The molecule has 0 bridgehead atoms. The summed E-state index contributed by atoms with van der Waals surface area (Å²) in [5, 5.41) is 10.2. The van der Waals surface area contributed by atoms with Gasteiger partial charge in [0.1, 0.15) is 18.2 Å². The molecule has 0 aliphatic rings. The summed E-state index contributed by atoms with van der Waals surface area (Å²) < 4.78 is 48.1. The minimum Gasteiger partial charge on any atom is -0.457 e. The first kappa shape index (κ1) is 26.9. The number of nitrogen functional groups attached to an aromatic ring is 1. The number of alkyl halides is 3. The number of benzene rings is 4. The van der Waals surface area contributed by atoms with Crippen molar-refractivity contribution in [2.24, 2.45) is 5.73 Å². The van der Waals surface area contributed by atoms with Crippen molar-refractivity contribution in [2.75, 3.05) is 5.32 Å². The minimum atomic E-state index is -4.97. The van der Waals surface area contributed by atoms with Crippen LogP contribution >= 0.6 is 0 Å². The number of anilines is 1. The molecular formula is C29H22F3N3O4. The summed E-state index contributed by atoms with van der Waals surface area (Å²) in [5.74, 6) is -2.15. The number of carbonyl (C=O) groups is 2. The maximum absolute atomic E-state index is 13.2. The zero-order valence-corrected chi connectivity index (χ0v) is 20.3. The third-order valence-corrected chi connectivity index (χ3v) is 5.57. The van der Waals surface area contributed by atoms with E-state index in [9.17, 15) is 22.8 Å². The molecule has 0 fully saturated rings. The van der Waals surface area contributed by atoms with E-state index in [4.69, 9.17) is 15.9 Å². The van der Waals surface area contributed by atoms with Crippen LogP contribution in [0.15, 0.2) is 97.1 Å². The number of esters is 1. The van der Waals surface area contributed by atoms with E-state index in [0.29, 0.717) is 22.4 Å². The Kier molecular flexibility index (Phi) is 7.95. The lowest BCUT2D eigenvalue weighted by molar-refractivity contribution is -0.274. The zero-order chi connectivity index (χ0) is 28.0. The van der Waals surface area contributed by atoms with Gasteiger partial charge in [0.05, 0.1) is 5.56 Å². The first-order valence-electron chi connectivity index (χ1n) is 11.6. The zero-order valence-electron chi connectivity index (χ0n) is 20.3. The van der Waals surface area contributed by atoms with Crippen LogP contribution in [-0.2, 0) is 11.3 Å². The van der Waals surface area contributed by atoms with Gasteiger partial charge >= 0.3 is 12.3 Å². The van der Waals surface area contributed by atoms with Crippen molar-refractivity contribution >= 4 is 23.4 Å². The highest BCUT2D eigenvalue weighted by molar-refractivity contribution is 6.10. The Morgan fingerprint density at radius 2 is 1.46 bits per heavy atom. The van der Waals surface area contributed by atoms with Crippen LogP contribution < -0.4 is 15.8 Å². The van der Waals surface area contributed by atoms with Crippen LogP contribution in [-0.4, -0.2) is 24.1 Å². The van der Waals surface area contributed by atoms with E-state index in [1.807, 2.05) is 0 Å². The summed E-state index contributed by atoms with van der Waals surface area (Å²) in [6, 6.07) is 24.7. The van der Waals surface area contributed by atoms with Gasteiger partial charge in [0.2, 0.25) is 0 Å². The topological polar surface area (TPSA) is 115 Å². The summed E-state index contributed by atoms with van der Waals surface area (Å²) in [6.07, 6.45) is -4.97. The second-order valence-corrected chi connectivity index (χ2v) is 8.31. The summed E-state index contributed by atoms with van der Waals surface area (Å²) in [6.45, 7) is -0.109. The molecule has 39 heavy (non-hydrogen) atoms. The SMILES string of the molecule is N=C(N)c1ccc(NC(=O)c2ccccc2-c2ccc(OC(F)(F)F)cc2C(=O)OCc2ccccc2)cc1. The Bertz CT molecular complexity index is 1500. The Morgan fingerprint density at radius 3 is 2.13 bits per heavy atom. The first-order valence-corrected chi connectivity index (χ1v) is 11.6. The predicted molar refractivity (Wildman–Crippen MR) is 140 cm³/mol. The maximum Gasteiger partial charge on any atom is 0.573 e. The molecule has 0 radical (unpaired) electrons. The van der Waals surface area contributed by atoms with Crippen LogP contribution in [0.4, 0.5) is 18.9 Å². The molecule has 0 spiro atoms. The second-order valence-electron chi connectivity index (χ2n) is 8.31. The number of hydrogen-bond donors (Lipinski definition) is 3. The Morgan fingerprint density at radius 1 is 0.821 bits per heavy atom. The molecule has 4 aromatic carbocycles. The van der Waals surface area contributed by atoms with Crippen molar-refractivity contribution in [1.82, 2.24) is 0 Å². The van der Waals surface area contributed by atoms with Crippen LogP contribution in [0.25, 0.3) is 11.1 Å². The minimum absolute atomic E-state index is 0.109. The highest BCUT2D eigenvalue weighted by atomic mass is 19.4. The third-order valence-electron chi connectivity index (χ3n) is 5.57. The monoisotopic (exact) mass is 533 g/mol. The van der Waals surface area contributed by atoms with Crippen LogP contribution in [0.3, 0.4) is 0 Å². The Labute approximate surface area is 221 Å². The molecule has 198 valence electrons. The first-order chi connectivity index (χ1) is 18.6. The third kappa shape index (κ3) is 7.01. The van der Waals surface area contributed by atoms with Crippen molar-refractivity contribution in [3.8, 4) is 16.9 Å². The molecule has 1 amide bonds. The van der Waals surface area contributed by atoms with E-state index in [1.165, 1.54) is 12.1 Å². The van der Waals surface area contributed by atoms with Gasteiger partial charge in [0, 0.05) is 16.8 Å². The van der Waals surface area contributed by atoms with Gasteiger partial charge in [-0.25, -0.2) is 4.79 Å². The number of nitrogens with two attached hydrogens (primary N) is 1. The van der Waals surface area contributed by atoms with E-state index < -0.39 is 24.0 Å². The molecule has 0 saturated heterocycles. The van der Waals surface area contributed by atoms with E-state index in [1.54, 1.807) is 72.8 Å². The van der Waals surface area contributed by atoms with Crippen LogP contribution in [0, 0.1) is 5.41 Å². The largest absolute Gasteiger partial charge is 0.573 e. The molecule has 0 aliphatic heterocycles. The fourth-order valence-corrected chi connectivity index (χ4v) is 3.77. The number of carbonyl (C=O) groups excluding carboxylic acids is 2. The van der Waals surface area contributed by atoms with Crippen LogP contribution in [0.5, 0.6) is 5.75 Å². The molecule has 0 atom stereocenters. The van der Waals surface area contributed by atoms with Gasteiger partial charge in [0.15, 0.2) is 0 Å². The lowest BCUT2D eigenvalue weighted by Gasteiger charge is -2.16. The van der Waals surface area contributed by atoms with Gasteiger partial charge < -0.3 is 20.5 Å². The lowest BCUT2D eigenvalue weighted by atomic mass is 9.94. The molecule has 0 saturated carbocycles. The number of amidine groups is 1. The number of ether oxygens (including phenoxy) is 2. The van der Waals surface area contributed by atoms with E-state index in [2.05, 4.69) is 10.1 Å². The number of rotatable bonds is 8. The van der Waals surface area contributed by atoms with E-state index >= 15 is 0 Å². The fourth-order valence-electron chi connectivity index (χ4n) is 3.77. The molecular weight excluding hydrogens is 511 g/mol. The molecule has 10 heteroatoms. The molecule has 0 aromatic heterocycles. The summed E-state index contributed by atoms with van der Waals surface area (Å²) in [5.41, 5.74) is 7.48. The van der Waals surface area contributed by atoms with Crippen molar-refractivity contribution in [1.29, 1.82) is 5.41 Å². The number of nitrogens with one attached hydrogen (secondary N) is 2. The second kappa shape index (κ2) is 11.5. The lowest BCUT2D eigenvalue weighted by Crippen LogP contribution is -2.18. The van der Waals surface area contributed by atoms with Gasteiger partial charge in [-0.15, -0.1) is 13.2 Å². The Balaban J connectivity index is 1.68. The maximum atomic E-state index is 13.2. The summed E-state index contributed by atoms with van der Waals surface area (Å²) in [4.78, 5) is 26.3. The van der Waals surface area contributed by atoms with Crippen molar-refractivity contribution in [2.45, 2.75) is 13.0 Å². The van der Waals surface area contributed by atoms with Gasteiger partial charge in [-0.3, -0.25) is 10.2 Å². The number of amides is 1. The highest BCUT2D eigenvalue weighted by Gasteiger charge is 2.32. The number of hydrogen-bond acceptors (Lipinski definition) is 5. The fraction of sp³-hybridized carbons (Fsp3) is 0.0690. The van der Waals surface area contributed by atoms with E-state index in [0.717, 1.165) is 12.1 Å². The van der Waals surface area contributed by atoms with Crippen LogP contribution in [0.1, 0.15) is 31.8 Å². The molecule has 4 N–H and O–H groups in total. The number of halogens is 3. The summed E-state index contributed by atoms with van der Waals surface area (Å²) >= 11 is 0. The van der Waals surface area contributed by atoms with Gasteiger partial charge in [-0.2, -0.15) is 0 Å². The van der Waals surface area contributed by atoms with E-state index in [-0.39, 0.29) is 29.1 Å². The molecule has 7 nitrogen and oxygen atoms in total. The Hall–Kier alpha value is -5.12. The molecule has 0 unspecified atom stereocenters. The molecule has 4 rings (SSSR count). The quantitative estimate of drug-likeness (QED) is 0.143. The van der Waals surface area contributed by atoms with Crippen molar-refractivity contribution in [3.05, 3.63) is 119 Å². The highest BCUT2D eigenvalue weighted by Crippen LogP contribution is 2.33. The molecule has 0 heterocycles. The summed E-state index contributed by atoms with van der Waals surface area (Å²) in [7, 11) is 0. The van der Waals surface area contributed by atoms with Gasteiger partial charge in [-0.1, -0.05) is 48.5 Å². The molecule has 0 aliphatic carbocycles. The normalized spacial score (nSPS) is 10.9. The standard InChI is InChI=1S/C29H22F3N3O4/c30-29(31,32)39-21-14-15-23(25(16-21)28(37)38-17-18-6-2-1-3-7-18)22-8-4-5-9-24(22)27(36)35-20-12-10-19(11-13-20)26(33)34/h1-16H,17H2,(H3,33,34)(H,35,36).